The molecule has 12 nitrogen and oxygen atoms in total. The van der Waals surface area contributed by atoms with E-state index in [-0.39, 0.29) is 42.2 Å². The van der Waals surface area contributed by atoms with Gasteiger partial charge in [0.25, 0.3) is 17.7 Å². The lowest BCUT2D eigenvalue weighted by Gasteiger charge is -2.27. The summed E-state index contributed by atoms with van der Waals surface area (Å²) in [6, 6.07) is 3.36. The Hall–Kier alpha value is -3.80. The summed E-state index contributed by atoms with van der Waals surface area (Å²) in [7, 11) is 1.80. The van der Waals surface area contributed by atoms with Crippen LogP contribution in [0.25, 0.3) is 0 Å². The number of imide groups is 2. The summed E-state index contributed by atoms with van der Waals surface area (Å²) < 4.78 is 5.52. The monoisotopic (exact) mass is 487 g/mol. The lowest BCUT2D eigenvalue weighted by molar-refractivity contribution is -0.136. The molecule has 0 bridgehead atoms. The largest absolute Gasteiger partial charge is 0.483 e. The van der Waals surface area contributed by atoms with E-state index < -0.39 is 35.6 Å². The number of hydrogen-bond donors (Lipinski definition) is 4. The van der Waals surface area contributed by atoms with E-state index >= 15 is 0 Å². The van der Waals surface area contributed by atoms with Gasteiger partial charge in [0.2, 0.25) is 17.7 Å². The third-order valence-corrected chi connectivity index (χ3v) is 5.64. The van der Waals surface area contributed by atoms with Crippen LogP contribution in [0.4, 0.5) is 0 Å². The highest BCUT2D eigenvalue weighted by Crippen LogP contribution is 2.33. The number of carbonyl (C=O) groups excluding carboxylic acids is 6. The number of hydrogen-bond acceptors (Lipinski definition) is 8. The van der Waals surface area contributed by atoms with E-state index in [4.69, 9.17) is 4.74 Å². The molecule has 1 unspecified atom stereocenters. The van der Waals surface area contributed by atoms with Crippen molar-refractivity contribution in [2.75, 3.05) is 33.3 Å². The van der Waals surface area contributed by atoms with Crippen molar-refractivity contribution in [1.82, 2.24) is 26.2 Å². The van der Waals surface area contributed by atoms with Gasteiger partial charge in [-0.2, -0.15) is 0 Å². The molecule has 12 heteroatoms. The Labute approximate surface area is 202 Å². The number of nitrogens with zero attached hydrogens (tertiary/aromatic N) is 1. The molecule has 2 heterocycles. The van der Waals surface area contributed by atoms with Crippen LogP contribution >= 0.6 is 0 Å². The summed E-state index contributed by atoms with van der Waals surface area (Å²) in [6.07, 6.45) is 1.66. The van der Waals surface area contributed by atoms with Gasteiger partial charge >= 0.3 is 0 Å². The van der Waals surface area contributed by atoms with Gasteiger partial charge in [-0.05, 0) is 38.4 Å². The van der Waals surface area contributed by atoms with Crippen molar-refractivity contribution in [3.63, 3.8) is 0 Å². The SMILES string of the molecule is CNCCNC(=O)CCCCNC(=O)COc1cccc2c1C(=O)N(C1CCC(=O)NC1=O)C2=O. The first-order valence-electron chi connectivity index (χ1n) is 11.5. The predicted octanol–water partition coefficient (Wildman–Crippen LogP) is -0.911. The molecular weight excluding hydrogens is 458 g/mol. The Morgan fingerprint density at radius 2 is 1.80 bits per heavy atom. The number of amides is 6. The highest BCUT2D eigenvalue weighted by Gasteiger charge is 2.46. The fraction of sp³-hybridized carbons (Fsp3) is 0.478. The van der Waals surface area contributed by atoms with E-state index in [1.807, 2.05) is 0 Å². The maximum atomic E-state index is 13.0. The zero-order valence-corrected chi connectivity index (χ0v) is 19.5. The second-order valence-corrected chi connectivity index (χ2v) is 8.18. The first-order chi connectivity index (χ1) is 16.8. The number of piperidine rings is 1. The van der Waals surface area contributed by atoms with Gasteiger partial charge in [-0.3, -0.25) is 39.0 Å². The van der Waals surface area contributed by atoms with Gasteiger partial charge in [-0.25, -0.2) is 0 Å². The van der Waals surface area contributed by atoms with Gasteiger partial charge in [0.1, 0.15) is 11.8 Å². The van der Waals surface area contributed by atoms with E-state index in [1.54, 1.807) is 7.05 Å². The summed E-state index contributed by atoms with van der Waals surface area (Å²) in [4.78, 5) is 74.1. The normalized spacial score (nSPS) is 17.2. The number of likely N-dealkylation sites (N-methyl/N-ethyl adjacent to an activating group) is 1. The molecule has 35 heavy (non-hydrogen) atoms. The third kappa shape index (κ3) is 6.41. The Kier molecular flexibility index (Phi) is 8.90. The summed E-state index contributed by atoms with van der Waals surface area (Å²) >= 11 is 0. The minimum absolute atomic E-state index is 0.0146. The van der Waals surface area contributed by atoms with Gasteiger partial charge in [-0.15, -0.1) is 0 Å². The van der Waals surface area contributed by atoms with Gasteiger partial charge in [0, 0.05) is 32.5 Å². The Balaban J connectivity index is 1.48. The van der Waals surface area contributed by atoms with Crippen LogP contribution in [-0.2, 0) is 19.2 Å². The maximum absolute atomic E-state index is 13.0. The molecule has 4 N–H and O–H groups in total. The zero-order chi connectivity index (χ0) is 25.4. The number of unbranched alkanes of at least 4 members (excludes halogenated alkanes) is 1. The molecule has 0 radical (unpaired) electrons. The number of carbonyl (C=O) groups is 6. The van der Waals surface area contributed by atoms with E-state index in [1.165, 1.54) is 18.2 Å². The average Bonchev–Trinajstić information content (AvgIpc) is 3.08. The molecule has 1 aromatic carbocycles. The van der Waals surface area contributed by atoms with Crippen LogP contribution < -0.4 is 26.0 Å². The molecule has 1 fully saturated rings. The number of nitrogens with one attached hydrogen (secondary N) is 4. The number of fused-ring (bicyclic) bond motifs is 1. The van der Waals surface area contributed by atoms with Crippen LogP contribution in [0.5, 0.6) is 5.75 Å². The smallest absolute Gasteiger partial charge is 0.266 e. The van der Waals surface area contributed by atoms with E-state index in [0.717, 1.165) is 4.90 Å². The predicted molar refractivity (Wildman–Crippen MR) is 122 cm³/mol. The standard InChI is InChI=1S/C23H29N5O7/c1-24-11-12-26-17(29)7-2-3-10-25-19(31)13-35-16-6-4-5-14-20(16)23(34)28(22(14)33)15-8-9-18(30)27-21(15)32/h4-6,15,24H,2-3,7-13H2,1H3,(H,25,31)(H,26,29)(H,27,30,32). The fourth-order valence-corrected chi connectivity index (χ4v) is 3.85. The quantitative estimate of drug-likeness (QED) is 0.217. The number of benzene rings is 1. The topological polar surface area (TPSA) is 163 Å². The third-order valence-electron chi connectivity index (χ3n) is 5.64. The van der Waals surface area contributed by atoms with Crippen molar-refractivity contribution in [2.24, 2.45) is 0 Å². The molecule has 1 aromatic rings. The van der Waals surface area contributed by atoms with Crippen LogP contribution in [0, 0.1) is 0 Å². The summed E-state index contributed by atoms with van der Waals surface area (Å²) in [5.41, 5.74) is 0.0601. The molecule has 2 aliphatic rings. The molecule has 2 aliphatic heterocycles. The highest BCUT2D eigenvalue weighted by molar-refractivity contribution is 6.24. The molecule has 0 aromatic heterocycles. The molecule has 1 saturated heterocycles. The second-order valence-electron chi connectivity index (χ2n) is 8.18. The molecule has 188 valence electrons. The van der Waals surface area contributed by atoms with E-state index in [2.05, 4.69) is 21.3 Å². The lowest BCUT2D eigenvalue weighted by Crippen LogP contribution is -2.54. The van der Waals surface area contributed by atoms with Crippen LogP contribution in [0.2, 0.25) is 0 Å². The summed E-state index contributed by atoms with van der Waals surface area (Å²) in [5, 5.41) is 10.5. The number of ether oxygens (including phenoxy) is 1. The highest BCUT2D eigenvalue weighted by atomic mass is 16.5. The first kappa shape index (κ1) is 25.8. The van der Waals surface area contributed by atoms with Crippen LogP contribution in [0.15, 0.2) is 18.2 Å². The second kappa shape index (κ2) is 12.1. The molecular formula is C23H29N5O7. The van der Waals surface area contributed by atoms with Crippen LogP contribution in [-0.4, -0.2) is 79.7 Å². The molecule has 0 spiro atoms. The molecule has 6 amide bonds. The van der Waals surface area contributed by atoms with Crippen LogP contribution in [0.3, 0.4) is 0 Å². The molecule has 3 rings (SSSR count). The van der Waals surface area contributed by atoms with Crippen LogP contribution in [0.1, 0.15) is 52.8 Å². The first-order valence-corrected chi connectivity index (χ1v) is 11.5. The number of rotatable bonds is 12. The molecule has 1 atom stereocenters. The van der Waals surface area contributed by atoms with E-state index in [9.17, 15) is 28.8 Å². The minimum atomic E-state index is -1.08. The van der Waals surface area contributed by atoms with Crippen molar-refractivity contribution in [1.29, 1.82) is 0 Å². The average molecular weight is 488 g/mol. The Morgan fingerprint density at radius 3 is 2.54 bits per heavy atom. The van der Waals surface area contributed by atoms with Gasteiger partial charge < -0.3 is 20.7 Å². The molecule has 0 saturated carbocycles. The maximum Gasteiger partial charge on any atom is 0.266 e. The fourth-order valence-electron chi connectivity index (χ4n) is 3.85. The van der Waals surface area contributed by atoms with Gasteiger partial charge in [0.15, 0.2) is 6.61 Å². The Bertz CT molecular complexity index is 1030. The van der Waals surface area contributed by atoms with Crippen molar-refractivity contribution in [3.8, 4) is 5.75 Å². The van der Waals surface area contributed by atoms with Crippen molar-refractivity contribution >= 4 is 35.4 Å². The molecule has 0 aliphatic carbocycles. The van der Waals surface area contributed by atoms with Crippen molar-refractivity contribution < 1.29 is 33.5 Å². The van der Waals surface area contributed by atoms with E-state index in [0.29, 0.717) is 38.9 Å². The zero-order valence-electron chi connectivity index (χ0n) is 19.5. The minimum Gasteiger partial charge on any atom is -0.483 e. The van der Waals surface area contributed by atoms with Gasteiger partial charge in [-0.1, -0.05) is 6.07 Å². The summed E-state index contributed by atoms with van der Waals surface area (Å²) in [6.45, 7) is 1.24. The summed E-state index contributed by atoms with van der Waals surface area (Å²) in [5.74, 6) is -2.91. The van der Waals surface area contributed by atoms with Gasteiger partial charge in [0.05, 0.1) is 11.1 Å². The van der Waals surface area contributed by atoms with Crippen molar-refractivity contribution in [2.45, 2.75) is 38.1 Å². The Morgan fingerprint density at radius 1 is 1.03 bits per heavy atom. The lowest BCUT2D eigenvalue weighted by atomic mass is 10.0. The van der Waals surface area contributed by atoms with Crippen molar-refractivity contribution in [3.05, 3.63) is 29.3 Å².